The van der Waals surface area contributed by atoms with E-state index >= 15 is 0 Å². The Hall–Kier alpha value is -1.25. The van der Waals surface area contributed by atoms with Crippen molar-refractivity contribution in [1.82, 2.24) is 4.90 Å². The molecule has 0 aromatic carbocycles. The zero-order valence-corrected chi connectivity index (χ0v) is 10.9. The summed E-state index contributed by atoms with van der Waals surface area (Å²) >= 11 is 0. The summed E-state index contributed by atoms with van der Waals surface area (Å²) in [5, 5.41) is 0. The summed E-state index contributed by atoms with van der Waals surface area (Å²) in [7, 11) is 0. The zero-order chi connectivity index (χ0) is 13.3. The molecule has 0 saturated carbocycles. The minimum Gasteiger partial charge on any atom is -0.444 e. The molecule has 0 aliphatic carbocycles. The molecule has 0 fully saturated rings. The number of nitrogens with two attached hydrogens (primary N) is 1. The number of hydrogen-bond donors (Lipinski definition) is 1. The molecule has 0 aliphatic heterocycles. The molecule has 0 aliphatic rings. The van der Waals surface area contributed by atoms with E-state index in [1.54, 1.807) is 0 Å². The zero-order valence-electron chi connectivity index (χ0n) is 10.9. The number of rotatable bonds is 6. The quantitative estimate of drug-likeness (QED) is 0.431. The van der Waals surface area contributed by atoms with Crippen molar-refractivity contribution >= 4 is 6.09 Å². The maximum absolute atomic E-state index is 11.8. The van der Waals surface area contributed by atoms with Crippen LogP contribution in [-0.4, -0.2) is 43.0 Å². The van der Waals surface area contributed by atoms with Crippen molar-refractivity contribution in [3.05, 3.63) is 0 Å². The van der Waals surface area contributed by atoms with Crippen molar-refractivity contribution in [1.29, 1.82) is 0 Å². The molecule has 1 amide bonds. The Morgan fingerprint density at radius 3 is 2.53 bits per heavy atom. The summed E-state index contributed by atoms with van der Waals surface area (Å²) in [6.07, 6.45) is 5.29. The highest BCUT2D eigenvalue weighted by Gasteiger charge is 2.21. The predicted molar refractivity (Wildman–Crippen MR) is 66.3 cm³/mol. The molecule has 5 heteroatoms. The van der Waals surface area contributed by atoms with Gasteiger partial charge in [-0.15, -0.1) is 12.3 Å². The van der Waals surface area contributed by atoms with Crippen LogP contribution < -0.4 is 5.73 Å². The number of carbonyl (C=O) groups is 1. The lowest BCUT2D eigenvalue weighted by Gasteiger charge is -2.26. The molecular weight excluding hydrogens is 220 g/mol. The molecular formula is C12H22N2O3. The Bertz CT molecular complexity index is 266. The van der Waals surface area contributed by atoms with Gasteiger partial charge in [-0.05, 0) is 20.8 Å². The molecule has 0 spiro atoms. The number of nitrogens with zero attached hydrogens (tertiary/aromatic N) is 1. The largest absolute Gasteiger partial charge is 0.444 e. The monoisotopic (exact) mass is 242 g/mol. The van der Waals surface area contributed by atoms with Crippen LogP contribution in [0.15, 0.2) is 0 Å². The Labute approximate surface area is 103 Å². The first kappa shape index (κ1) is 15.8. The van der Waals surface area contributed by atoms with Crippen LogP contribution in [0.1, 0.15) is 27.2 Å². The van der Waals surface area contributed by atoms with Gasteiger partial charge in [0.1, 0.15) is 5.60 Å². The molecule has 0 heterocycles. The van der Waals surface area contributed by atoms with Crippen molar-refractivity contribution in [3.63, 3.8) is 0 Å². The first-order valence-electron chi connectivity index (χ1n) is 5.60. The van der Waals surface area contributed by atoms with E-state index < -0.39 is 5.60 Å². The third-order valence-corrected chi connectivity index (χ3v) is 1.80. The average Bonchev–Trinajstić information content (AvgIpc) is 2.20. The smallest absolute Gasteiger partial charge is 0.410 e. The van der Waals surface area contributed by atoms with Crippen LogP contribution in [0.2, 0.25) is 0 Å². The number of terminal acetylenes is 1. The molecule has 0 saturated heterocycles. The van der Waals surface area contributed by atoms with Gasteiger partial charge in [0.15, 0.2) is 0 Å². The Balaban J connectivity index is 4.25. The molecule has 0 radical (unpaired) electrons. The van der Waals surface area contributed by atoms with E-state index in [0.29, 0.717) is 26.1 Å². The fourth-order valence-corrected chi connectivity index (χ4v) is 1.08. The van der Waals surface area contributed by atoms with E-state index in [2.05, 4.69) is 5.92 Å². The minimum atomic E-state index is -0.514. The van der Waals surface area contributed by atoms with Gasteiger partial charge in [-0.2, -0.15) is 0 Å². The van der Waals surface area contributed by atoms with Crippen LogP contribution in [0, 0.1) is 12.3 Å². The van der Waals surface area contributed by atoms with E-state index in [0.717, 1.165) is 0 Å². The predicted octanol–water partition coefficient (Wildman–Crippen LogP) is 1.18. The van der Waals surface area contributed by atoms with Crippen LogP contribution >= 0.6 is 0 Å². The summed E-state index contributed by atoms with van der Waals surface area (Å²) < 4.78 is 10.3. The van der Waals surface area contributed by atoms with Gasteiger partial charge in [-0.1, -0.05) is 0 Å². The highest BCUT2D eigenvalue weighted by Crippen LogP contribution is 2.10. The van der Waals surface area contributed by atoms with Crippen molar-refractivity contribution in [2.24, 2.45) is 5.73 Å². The number of ether oxygens (including phenoxy) is 2. The van der Waals surface area contributed by atoms with Gasteiger partial charge in [0.2, 0.25) is 0 Å². The summed E-state index contributed by atoms with van der Waals surface area (Å²) in [6.45, 7) is 6.85. The van der Waals surface area contributed by atoms with Gasteiger partial charge < -0.3 is 20.1 Å². The van der Waals surface area contributed by atoms with Crippen LogP contribution in [0.5, 0.6) is 0 Å². The SMILES string of the molecule is C#CCCN(CCOCN)C(=O)OC(C)(C)C. The number of hydrogen-bond acceptors (Lipinski definition) is 4. The Morgan fingerprint density at radius 1 is 1.41 bits per heavy atom. The van der Waals surface area contributed by atoms with Crippen LogP contribution in [0.4, 0.5) is 4.79 Å². The molecule has 5 nitrogen and oxygen atoms in total. The molecule has 0 bridgehead atoms. The lowest BCUT2D eigenvalue weighted by Crippen LogP contribution is -2.39. The van der Waals surface area contributed by atoms with Gasteiger partial charge >= 0.3 is 6.09 Å². The van der Waals surface area contributed by atoms with Crippen molar-refractivity contribution < 1.29 is 14.3 Å². The fraction of sp³-hybridized carbons (Fsp3) is 0.750. The highest BCUT2D eigenvalue weighted by atomic mass is 16.6. The van der Waals surface area contributed by atoms with Gasteiger partial charge in [-0.3, -0.25) is 0 Å². The lowest BCUT2D eigenvalue weighted by molar-refractivity contribution is 0.0183. The van der Waals surface area contributed by atoms with Gasteiger partial charge in [0, 0.05) is 19.5 Å². The second kappa shape index (κ2) is 7.93. The van der Waals surface area contributed by atoms with E-state index in [1.165, 1.54) is 4.90 Å². The topological polar surface area (TPSA) is 64.8 Å². The first-order chi connectivity index (χ1) is 7.90. The molecule has 0 atom stereocenters. The number of carbonyl (C=O) groups excluding carboxylic acids is 1. The third kappa shape index (κ3) is 8.55. The maximum Gasteiger partial charge on any atom is 0.410 e. The maximum atomic E-state index is 11.8. The molecule has 17 heavy (non-hydrogen) atoms. The normalized spacial score (nSPS) is 10.8. The van der Waals surface area contributed by atoms with Gasteiger partial charge in [0.25, 0.3) is 0 Å². The minimum absolute atomic E-state index is 0.136. The summed E-state index contributed by atoms with van der Waals surface area (Å²) in [4.78, 5) is 13.3. The summed E-state index contributed by atoms with van der Waals surface area (Å²) in [5.41, 5.74) is 4.69. The van der Waals surface area contributed by atoms with Crippen molar-refractivity contribution in [3.8, 4) is 12.3 Å². The third-order valence-electron chi connectivity index (χ3n) is 1.80. The van der Waals surface area contributed by atoms with Crippen LogP contribution in [0.3, 0.4) is 0 Å². The standard InChI is InChI=1S/C12H22N2O3/c1-5-6-7-14(8-9-16-10-13)11(15)17-12(2,3)4/h1H,6-10,13H2,2-4H3. The van der Waals surface area contributed by atoms with E-state index in [4.69, 9.17) is 21.6 Å². The molecule has 0 unspecified atom stereocenters. The summed E-state index contributed by atoms with van der Waals surface area (Å²) in [5.74, 6) is 2.49. The van der Waals surface area contributed by atoms with E-state index in [9.17, 15) is 4.79 Å². The van der Waals surface area contributed by atoms with Crippen molar-refractivity contribution in [2.45, 2.75) is 32.8 Å². The fourth-order valence-electron chi connectivity index (χ4n) is 1.08. The molecule has 0 aromatic rings. The van der Waals surface area contributed by atoms with Gasteiger partial charge in [-0.25, -0.2) is 4.79 Å². The van der Waals surface area contributed by atoms with Crippen molar-refractivity contribution in [2.75, 3.05) is 26.4 Å². The first-order valence-corrected chi connectivity index (χ1v) is 5.60. The molecule has 2 N–H and O–H groups in total. The van der Waals surface area contributed by atoms with E-state index in [1.807, 2.05) is 20.8 Å². The summed E-state index contributed by atoms with van der Waals surface area (Å²) in [6, 6.07) is 0. The number of amides is 1. The highest BCUT2D eigenvalue weighted by molar-refractivity contribution is 5.68. The van der Waals surface area contributed by atoms with Crippen LogP contribution in [-0.2, 0) is 9.47 Å². The average molecular weight is 242 g/mol. The van der Waals surface area contributed by atoms with Crippen LogP contribution in [0.25, 0.3) is 0 Å². The molecule has 0 aromatic heterocycles. The lowest BCUT2D eigenvalue weighted by atomic mass is 10.2. The molecule has 98 valence electrons. The second-order valence-corrected chi connectivity index (χ2v) is 4.50. The second-order valence-electron chi connectivity index (χ2n) is 4.50. The van der Waals surface area contributed by atoms with Gasteiger partial charge in [0.05, 0.1) is 13.3 Å². The Morgan fingerprint density at radius 2 is 2.06 bits per heavy atom. The van der Waals surface area contributed by atoms with E-state index in [-0.39, 0.29) is 12.8 Å². The Kier molecular flexibility index (Phi) is 7.35. The molecule has 0 rings (SSSR count).